The molecule has 0 amide bonds. The van der Waals surface area contributed by atoms with Crippen LogP contribution in [0.1, 0.15) is 47.5 Å². The Kier molecular flexibility index (Phi) is 12.8. The van der Waals surface area contributed by atoms with Crippen LogP contribution < -0.4 is 20.1 Å². The molecule has 4 rings (SSSR count). The van der Waals surface area contributed by atoms with Crippen molar-refractivity contribution in [3.8, 4) is 5.75 Å². The van der Waals surface area contributed by atoms with Crippen molar-refractivity contribution in [2.24, 2.45) is 31.8 Å². The lowest BCUT2D eigenvalue weighted by atomic mass is 9.84. The summed E-state index contributed by atoms with van der Waals surface area (Å²) in [5.74, 6) is 1.49. The summed E-state index contributed by atoms with van der Waals surface area (Å²) in [5, 5.41) is 19.0. The summed E-state index contributed by atoms with van der Waals surface area (Å²) >= 11 is 0. The first-order valence-electron chi connectivity index (χ1n) is 16.4. The lowest BCUT2D eigenvalue weighted by Crippen LogP contribution is -2.33. The Morgan fingerprint density at radius 2 is 1.14 bits per heavy atom. The normalized spacial score (nSPS) is 12.8. The van der Waals surface area contributed by atoms with Gasteiger partial charge in [-0.05, 0) is 128 Å². The average Bonchev–Trinajstić information content (AvgIpc) is 3.06. The fourth-order valence-electron chi connectivity index (χ4n) is 5.30. The summed E-state index contributed by atoms with van der Waals surface area (Å²) in [5.41, 5.74) is 8.59. The second-order valence-corrected chi connectivity index (χ2v) is 13.3. The molecule has 0 aromatic heterocycles. The third kappa shape index (κ3) is 12.9. The van der Waals surface area contributed by atoms with Crippen molar-refractivity contribution in [2.45, 2.75) is 53.6 Å². The van der Waals surface area contributed by atoms with Gasteiger partial charge in [-0.2, -0.15) is 33.6 Å². The van der Waals surface area contributed by atoms with Gasteiger partial charge in [0.15, 0.2) is 0 Å². The number of azo groups is 2. The van der Waals surface area contributed by atoms with Gasteiger partial charge in [0.2, 0.25) is 0 Å². The molecule has 0 saturated carbocycles. The van der Waals surface area contributed by atoms with E-state index < -0.39 is 12.7 Å². The van der Waals surface area contributed by atoms with E-state index in [1.165, 1.54) is 11.3 Å². The zero-order valence-electron chi connectivity index (χ0n) is 29.1. The monoisotopic (exact) mass is 673 g/mol. The van der Waals surface area contributed by atoms with Gasteiger partial charge < -0.3 is 9.64 Å². The van der Waals surface area contributed by atoms with E-state index >= 15 is 0 Å². The second kappa shape index (κ2) is 16.9. The van der Waals surface area contributed by atoms with Crippen LogP contribution in [0.2, 0.25) is 0 Å². The molecule has 0 saturated heterocycles. The van der Waals surface area contributed by atoms with E-state index in [0.29, 0.717) is 46.4 Å². The average molecular weight is 674 g/mol. The number of anilines is 3. The number of halogens is 3. The largest absolute Gasteiger partial charge is 0.494 e. The van der Waals surface area contributed by atoms with Crippen LogP contribution in [0, 0.1) is 11.3 Å². The summed E-state index contributed by atoms with van der Waals surface area (Å²) in [7, 11) is 1.96. The van der Waals surface area contributed by atoms with Gasteiger partial charge in [-0.15, -0.1) is 0 Å². The van der Waals surface area contributed by atoms with Crippen LogP contribution in [-0.2, 0) is 0 Å². The summed E-state index contributed by atoms with van der Waals surface area (Å²) in [6.45, 7) is 10.7. The van der Waals surface area contributed by atoms with Gasteiger partial charge in [-0.3, -0.25) is 10.4 Å². The minimum atomic E-state index is -4.27. The van der Waals surface area contributed by atoms with Crippen molar-refractivity contribution in [1.82, 2.24) is 0 Å². The third-order valence-electron chi connectivity index (χ3n) is 7.61. The molecule has 49 heavy (non-hydrogen) atoms. The lowest BCUT2D eigenvalue weighted by Gasteiger charge is -2.24. The van der Waals surface area contributed by atoms with Gasteiger partial charge >= 0.3 is 6.18 Å². The number of alkyl halides is 3. The van der Waals surface area contributed by atoms with Gasteiger partial charge in [0.25, 0.3) is 0 Å². The molecule has 260 valence electrons. The SMILES string of the molecule is CCN(CC(F)(F)F)c1ccc(N=Nc2ccc(N=Nc3ccc(NN(C)c4ccc(OCCC(C)CC(C)(C)C)cc4)cc3)cc2)cc1. The Labute approximate surface area is 287 Å². The van der Waals surface area contributed by atoms with Crippen molar-refractivity contribution in [1.29, 1.82) is 0 Å². The topological polar surface area (TPSA) is 77.2 Å². The van der Waals surface area contributed by atoms with E-state index in [0.717, 1.165) is 23.5 Å². The zero-order chi connectivity index (χ0) is 35.4. The lowest BCUT2D eigenvalue weighted by molar-refractivity contribution is -0.119. The van der Waals surface area contributed by atoms with E-state index in [1.807, 2.05) is 60.6 Å². The number of hydrazine groups is 1. The Bertz CT molecular complexity index is 1630. The molecule has 0 fully saturated rings. The van der Waals surface area contributed by atoms with E-state index in [-0.39, 0.29) is 6.54 Å². The molecule has 11 heteroatoms. The van der Waals surface area contributed by atoms with Crippen molar-refractivity contribution in [2.75, 3.05) is 42.1 Å². The van der Waals surface area contributed by atoms with E-state index in [9.17, 15) is 13.2 Å². The van der Waals surface area contributed by atoms with Crippen LogP contribution in [0.25, 0.3) is 0 Å². The number of rotatable bonds is 15. The smallest absolute Gasteiger partial charge is 0.405 e. The van der Waals surface area contributed by atoms with Gasteiger partial charge in [0.05, 0.1) is 40.7 Å². The van der Waals surface area contributed by atoms with Gasteiger partial charge in [-0.25, -0.2) is 0 Å². The van der Waals surface area contributed by atoms with Crippen molar-refractivity contribution < 1.29 is 17.9 Å². The Morgan fingerprint density at radius 1 is 0.694 bits per heavy atom. The molecule has 4 aromatic carbocycles. The molecule has 0 aliphatic heterocycles. The van der Waals surface area contributed by atoms with E-state index in [4.69, 9.17) is 4.74 Å². The van der Waals surface area contributed by atoms with Crippen LogP contribution >= 0.6 is 0 Å². The van der Waals surface area contributed by atoms with Gasteiger partial charge in [0.1, 0.15) is 12.3 Å². The number of hydrogen-bond acceptors (Lipinski definition) is 8. The van der Waals surface area contributed by atoms with Crippen LogP contribution in [-0.4, -0.2) is 32.9 Å². The van der Waals surface area contributed by atoms with Crippen molar-refractivity contribution >= 4 is 39.8 Å². The molecule has 4 aromatic rings. The van der Waals surface area contributed by atoms with Gasteiger partial charge in [0, 0.05) is 19.3 Å². The maximum Gasteiger partial charge on any atom is 0.405 e. The van der Waals surface area contributed by atoms with Crippen LogP contribution in [0.4, 0.5) is 53.0 Å². The predicted molar refractivity (Wildman–Crippen MR) is 193 cm³/mol. The van der Waals surface area contributed by atoms with Crippen molar-refractivity contribution in [3.63, 3.8) is 0 Å². The summed E-state index contributed by atoms with van der Waals surface area (Å²) in [6.07, 6.45) is -2.05. The highest BCUT2D eigenvalue weighted by molar-refractivity contribution is 5.58. The predicted octanol–water partition coefficient (Wildman–Crippen LogP) is 12.2. The molecular formula is C38H46F3N7O. The molecule has 1 unspecified atom stereocenters. The van der Waals surface area contributed by atoms with Crippen LogP contribution in [0.3, 0.4) is 0 Å². The molecule has 0 aliphatic carbocycles. The number of benzene rings is 4. The number of nitrogens with zero attached hydrogens (tertiary/aromatic N) is 6. The third-order valence-corrected chi connectivity index (χ3v) is 7.61. The molecule has 1 N–H and O–H groups in total. The number of hydrogen-bond donors (Lipinski definition) is 1. The minimum absolute atomic E-state index is 0.245. The van der Waals surface area contributed by atoms with Crippen LogP contribution in [0.15, 0.2) is 118 Å². The maximum atomic E-state index is 12.8. The second-order valence-electron chi connectivity index (χ2n) is 13.3. The first-order valence-corrected chi connectivity index (χ1v) is 16.4. The molecule has 1 atom stereocenters. The highest BCUT2D eigenvalue weighted by atomic mass is 19.4. The van der Waals surface area contributed by atoms with Crippen LogP contribution in [0.5, 0.6) is 5.75 Å². The molecular weight excluding hydrogens is 627 g/mol. The van der Waals surface area contributed by atoms with Crippen molar-refractivity contribution in [3.05, 3.63) is 97.1 Å². The maximum absolute atomic E-state index is 12.8. The van der Waals surface area contributed by atoms with E-state index in [2.05, 4.69) is 53.6 Å². The zero-order valence-corrected chi connectivity index (χ0v) is 29.1. The first-order chi connectivity index (χ1) is 23.3. The molecule has 0 aliphatic rings. The molecule has 0 radical (unpaired) electrons. The fraction of sp³-hybridized carbons (Fsp3) is 0.368. The number of nitrogens with one attached hydrogen (secondary N) is 1. The summed E-state index contributed by atoms with van der Waals surface area (Å²) in [6, 6.07) is 29.3. The Balaban J connectivity index is 1.23. The summed E-state index contributed by atoms with van der Waals surface area (Å²) in [4.78, 5) is 1.26. The molecule has 0 heterocycles. The van der Waals surface area contributed by atoms with E-state index in [1.54, 1.807) is 55.5 Å². The Morgan fingerprint density at radius 3 is 1.59 bits per heavy atom. The Hall–Kier alpha value is -4.93. The summed E-state index contributed by atoms with van der Waals surface area (Å²) < 4.78 is 44.4. The number of ether oxygens (including phenoxy) is 1. The minimum Gasteiger partial charge on any atom is -0.494 e. The first kappa shape index (κ1) is 36.9. The molecule has 0 bridgehead atoms. The van der Waals surface area contributed by atoms with Gasteiger partial charge in [-0.1, -0.05) is 27.7 Å². The standard InChI is InChI=1S/C38H46F3N7O/c1-7-48(27-38(39,40)41)35-18-16-32(17-19-35)45-43-30-10-8-29(9-11-30)42-44-31-12-14-33(15-13-31)46-47(6)34-20-22-36(23-21-34)49-25-24-28(2)26-37(3,4)5/h8-23,28,46H,7,24-27H2,1-6H3. The molecule has 0 spiro atoms. The highest BCUT2D eigenvalue weighted by Crippen LogP contribution is 2.29. The molecule has 8 nitrogen and oxygen atoms in total. The highest BCUT2D eigenvalue weighted by Gasteiger charge is 2.30. The quantitative estimate of drug-likeness (QED) is 0.101. The fourth-order valence-corrected chi connectivity index (χ4v) is 5.30.